The quantitative estimate of drug-likeness (QED) is 0.435. The minimum absolute atomic E-state index is 0. The van der Waals surface area contributed by atoms with Crippen LogP contribution in [0.15, 0.2) is 0 Å². The third-order valence-electron chi connectivity index (χ3n) is 1.57. The first kappa shape index (κ1) is 13.8. The topological polar surface area (TPSA) is 43.0 Å². The predicted octanol–water partition coefficient (Wildman–Crippen LogP) is -9.32. The fourth-order valence-corrected chi connectivity index (χ4v) is 0.900. The second-order valence-corrected chi connectivity index (χ2v) is 2.33. The number of carbonyl (C=O) groups is 2. The van der Waals surface area contributed by atoms with Gasteiger partial charge in [0.25, 0.3) is 0 Å². The normalized spacial score (nSPS) is 29.3. The fraction of sp³-hybridized carbons (Fsp3) is 0.600. The molecule has 11 heavy (non-hydrogen) atoms. The number of imide groups is 1. The van der Waals surface area contributed by atoms with Gasteiger partial charge in [-0.05, 0) is 0 Å². The van der Waals surface area contributed by atoms with Crippen LogP contribution >= 0.6 is 0 Å². The molecule has 1 aliphatic rings. The molecule has 0 spiro atoms. The first-order valence-electron chi connectivity index (χ1n) is 2.87. The van der Waals surface area contributed by atoms with Gasteiger partial charge in [-0.2, -0.15) is 9.69 Å². The van der Waals surface area contributed by atoms with Crippen molar-refractivity contribution in [3.63, 3.8) is 0 Å². The van der Waals surface area contributed by atoms with E-state index in [0.717, 1.165) is 0 Å². The molecule has 2 atom stereocenters. The van der Waals surface area contributed by atoms with E-state index in [1.54, 1.807) is 14.1 Å². The van der Waals surface area contributed by atoms with Crippen molar-refractivity contribution >= 4 is 11.9 Å². The molecular formula is C5H10Br2N2O2. The van der Waals surface area contributed by atoms with Gasteiger partial charge in [0, 0.05) is 0 Å². The molecule has 0 aromatic carbocycles. The molecule has 1 heterocycles. The van der Waals surface area contributed by atoms with Gasteiger partial charge in [0.2, 0.25) is 6.54 Å². The third kappa shape index (κ3) is 2.62. The lowest BCUT2D eigenvalue weighted by molar-refractivity contribution is -0.844. The molecule has 6 heteroatoms. The molecule has 0 aliphatic carbocycles. The van der Waals surface area contributed by atoms with Crippen LogP contribution in [0.2, 0.25) is 0 Å². The Morgan fingerprint density at radius 3 is 1.73 bits per heavy atom. The Morgan fingerprint density at radius 1 is 1.18 bits per heavy atom. The van der Waals surface area contributed by atoms with Crippen molar-refractivity contribution in [1.82, 2.24) is 0 Å². The molecule has 0 saturated carbocycles. The zero-order valence-corrected chi connectivity index (χ0v) is 9.45. The van der Waals surface area contributed by atoms with Crippen molar-refractivity contribution in [2.24, 2.45) is 0 Å². The van der Waals surface area contributed by atoms with E-state index in [1.165, 1.54) is 0 Å². The molecule has 0 bridgehead atoms. The molecule has 1 saturated heterocycles. The smallest absolute Gasteiger partial charge is 0.518 e. The van der Waals surface area contributed by atoms with Gasteiger partial charge < -0.3 is 34.0 Å². The van der Waals surface area contributed by atoms with Crippen molar-refractivity contribution in [3.8, 4) is 0 Å². The van der Waals surface area contributed by atoms with Crippen LogP contribution < -0.4 is 43.8 Å². The van der Waals surface area contributed by atoms with Gasteiger partial charge in [-0.3, -0.25) is 0 Å². The molecule has 4 nitrogen and oxygen atoms in total. The van der Waals surface area contributed by atoms with Crippen LogP contribution in [0.1, 0.15) is 0 Å². The molecule has 1 fully saturated rings. The molecule has 2 N–H and O–H groups in total. The highest BCUT2D eigenvalue weighted by atomic mass is 79.9. The highest BCUT2D eigenvalue weighted by Crippen LogP contribution is 1.57. The van der Waals surface area contributed by atoms with E-state index in [4.69, 9.17) is 0 Å². The lowest BCUT2D eigenvalue weighted by Crippen LogP contribution is -3.24. The number of carbonyl (C=O) groups excluding carboxylic acids is 2. The Labute approximate surface area is 86.1 Å². The highest BCUT2D eigenvalue weighted by molar-refractivity contribution is 5.81. The zero-order valence-electron chi connectivity index (χ0n) is 6.28. The van der Waals surface area contributed by atoms with Crippen LogP contribution in [0.25, 0.3) is 0 Å². The molecule has 0 aromatic heterocycles. The number of hydrogen-bond acceptors (Lipinski definition) is 2. The minimum atomic E-state index is -0.0556. The van der Waals surface area contributed by atoms with Crippen LogP contribution in [0.4, 0.5) is 4.79 Å². The van der Waals surface area contributed by atoms with Gasteiger partial charge >= 0.3 is 11.9 Å². The van der Waals surface area contributed by atoms with Crippen molar-refractivity contribution in [2.45, 2.75) is 0 Å². The van der Waals surface area contributed by atoms with E-state index in [0.29, 0.717) is 16.3 Å². The van der Waals surface area contributed by atoms with Crippen LogP contribution in [-0.2, 0) is 4.79 Å². The van der Waals surface area contributed by atoms with E-state index >= 15 is 0 Å². The summed E-state index contributed by atoms with van der Waals surface area (Å²) in [7, 11) is 3.29. The summed E-state index contributed by atoms with van der Waals surface area (Å²) in [6.07, 6.45) is 0. The summed E-state index contributed by atoms with van der Waals surface area (Å²) in [5.74, 6) is -0.0162. The van der Waals surface area contributed by atoms with Gasteiger partial charge in [0.15, 0.2) is 0 Å². The summed E-state index contributed by atoms with van der Waals surface area (Å²) >= 11 is 0. The number of nitrogens with one attached hydrogen (secondary N) is 2. The molecule has 0 radical (unpaired) electrons. The maximum absolute atomic E-state index is 10.8. The second-order valence-electron chi connectivity index (χ2n) is 2.33. The van der Waals surface area contributed by atoms with Crippen LogP contribution in [0.3, 0.4) is 0 Å². The maximum atomic E-state index is 10.8. The predicted molar refractivity (Wildman–Crippen MR) is 29.0 cm³/mol. The lowest BCUT2D eigenvalue weighted by atomic mass is 10.6. The SMILES string of the molecule is C[NH+]1CC(=O)[NH+](C)C1=O.[Br-].[Br-]. The first-order valence-corrected chi connectivity index (χ1v) is 2.87. The Morgan fingerprint density at radius 2 is 1.64 bits per heavy atom. The Balaban J connectivity index is 0. The van der Waals surface area contributed by atoms with Gasteiger partial charge in [0.05, 0.1) is 14.1 Å². The van der Waals surface area contributed by atoms with Gasteiger partial charge in [0.1, 0.15) is 0 Å². The molecule has 2 unspecified atom stereocenters. The number of likely N-dealkylation sites (N-methyl/N-ethyl adjacent to an activating group) is 2. The van der Waals surface area contributed by atoms with Crippen molar-refractivity contribution in [3.05, 3.63) is 0 Å². The summed E-state index contributed by atoms with van der Waals surface area (Å²) in [6.45, 7) is 0.338. The van der Waals surface area contributed by atoms with E-state index in [-0.39, 0.29) is 45.9 Å². The number of rotatable bonds is 0. The standard InChI is InChI=1S/C5H8N2O2.2BrH/c1-6-3-4(8)7(2)5(6)9;;/h3H2,1-2H3;2*1H. The average Bonchev–Trinajstić information content (AvgIpc) is 1.98. The molecule has 1 aliphatic heterocycles. The van der Waals surface area contributed by atoms with Crippen LogP contribution in [-0.4, -0.2) is 32.6 Å². The first-order chi connectivity index (χ1) is 4.13. The minimum Gasteiger partial charge on any atom is -1.00 e. The van der Waals surface area contributed by atoms with Gasteiger partial charge in [-0.1, -0.05) is 0 Å². The van der Waals surface area contributed by atoms with Crippen molar-refractivity contribution in [2.75, 3.05) is 20.6 Å². The number of amides is 3. The van der Waals surface area contributed by atoms with E-state index in [2.05, 4.69) is 0 Å². The molecule has 0 aromatic rings. The largest absolute Gasteiger partial charge is 1.00 e. The van der Waals surface area contributed by atoms with E-state index in [1.807, 2.05) is 0 Å². The Kier molecular flexibility index (Phi) is 6.23. The summed E-state index contributed by atoms with van der Waals surface area (Å²) < 4.78 is 0. The summed E-state index contributed by atoms with van der Waals surface area (Å²) in [4.78, 5) is 22.6. The Bertz CT molecular complexity index is 174. The maximum Gasteiger partial charge on any atom is 0.518 e. The summed E-state index contributed by atoms with van der Waals surface area (Å²) in [5.41, 5.74) is 0. The van der Waals surface area contributed by atoms with E-state index < -0.39 is 0 Å². The van der Waals surface area contributed by atoms with Crippen molar-refractivity contribution in [1.29, 1.82) is 0 Å². The van der Waals surface area contributed by atoms with E-state index in [9.17, 15) is 9.59 Å². The van der Waals surface area contributed by atoms with Crippen LogP contribution in [0.5, 0.6) is 0 Å². The second kappa shape index (κ2) is 4.97. The lowest BCUT2D eigenvalue weighted by Gasteiger charge is -1.93. The summed E-state index contributed by atoms with van der Waals surface area (Å²) in [6, 6.07) is -0.0556. The van der Waals surface area contributed by atoms with Crippen molar-refractivity contribution < 1.29 is 53.4 Å². The van der Waals surface area contributed by atoms with Crippen LogP contribution in [0, 0.1) is 0 Å². The monoisotopic (exact) mass is 288 g/mol. The average molecular weight is 290 g/mol. The molecule has 3 amide bonds. The number of urea groups is 1. The fourth-order valence-electron chi connectivity index (χ4n) is 0.900. The molecule has 66 valence electrons. The third-order valence-corrected chi connectivity index (χ3v) is 1.57. The van der Waals surface area contributed by atoms with Gasteiger partial charge in [-0.25, -0.2) is 9.69 Å². The number of halogens is 2. The Hall–Kier alpha value is 0.220. The number of quaternary nitrogens is 2. The highest BCUT2D eigenvalue weighted by Gasteiger charge is 2.42. The number of hydrogen-bond donors (Lipinski definition) is 2. The zero-order chi connectivity index (χ0) is 7.02. The molecule has 1 rings (SSSR count). The molecular weight excluding hydrogens is 280 g/mol. The van der Waals surface area contributed by atoms with Gasteiger partial charge in [-0.15, -0.1) is 0 Å². The summed E-state index contributed by atoms with van der Waals surface area (Å²) in [5, 5.41) is 0.